The molecule has 1 aromatic rings. The number of nitrogens with zero attached hydrogens (tertiary/aromatic N) is 1. The van der Waals surface area contributed by atoms with E-state index in [1.807, 2.05) is 0 Å². The van der Waals surface area contributed by atoms with Crippen molar-refractivity contribution in [3.8, 4) is 0 Å². The van der Waals surface area contributed by atoms with Gasteiger partial charge < -0.3 is 10.4 Å². The molecule has 1 fully saturated rings. The third kappa shape index (κ3) is 3.66. The maximum atomic E-state index is 14.2. The van der Waals surface area contributed by atoms with Crippen LogP contribution in [0.1, 0.15) is 25.5 Å². The van der Waals surface area contributed by atoms with Gasteiger partial charge in [-0.3, -0.25) is 4.90 Å². The van der Waals surface area contributed by atoms with Crippen LogP contribution in [0.2, 0.25) is 0 Å². The summed E-state index contributed by atoms with van der Waals surface area (Å²) >= 11 is 0. The summed E-state index contributed by atoms with van der Waals surface area (Å²) in [6.07, 6.45) is 0. The molecule has 1 heterocycles. The van der Waals surface area contributed by atoms with Crippen LogP contribution in [0.4, 0.5) is 22.0 Å². The molecule has 0 bridgehead atoms. The van der Waals surface area contributed by atoms with Crippen molar-refractivity contribution in [2.24, 2.45) is 5.41 Å². The van der Waals surface area contributed by atoms with Crippen LogP contribution < -0.4 is 5.32 Å². The molecule has 3 nitrogen and oxygen atoms in total. The van der Waals surface area contributed by atoms with Gasteiger partial charge in [0.1, 0.15) is 0 Å². The van der Waals surface area contributed by atoms with Gasteiger partial charge in [0.2, 0.25) is 5.82 Å². The van der Waals surface area contributed by atoms with Crippen LogP contribution in [0, 0.1) is 34.5 Å². The predicted octanol–water partition coefficient (Wildman–Crippen LogP) is 2.77. The molecule has 0 aromatic heterocycles. The number of benzene rings is 1. The van der Waals surface area contributed by atoms with Gasteiger partial charge in [0.25, 0.3) is 0 Å². The van der Waals surface area contributed by atoms with E-state index in [1.54, 1.807) is 4.90 Å². The van der Waals surface area contributed by atoms with Gasteiger partial charge in [-0.2, -0.15) is 0 Å². The van der Waals surface area contributed by atoms with Crippen molar-refractivity contribution >= 4 is 12.4 Å². The minimum Gasteiger partial charge on any atom is -0.396 e. The summed E-state index contributed by atoms with van der Waals surface area (Å²) in [7, 11) is 0. The Morgan fingerprint density at radius 2 is 1.38 bits per heavy atom. The maximum absolute atomic E-state index is 14.2. The molecule has 138 valence electrons. The fourth-order valence-corrected chi connectivity index (χ4v) is 2.96. The standard InChI is InChI=1S/C15H19F5N2O.ClH/c1-15(2,7-23)14(22-5-3-21-4-6-22)8-9(16)11(18)13(20)12(19)10(8)17;/h14,21,23H,3-7H2,1-2H3;1H/t14-;/m0./s1. The first-order chi connectivity index (χ1) is 10.7. The number of halogens is 6. The molecule has 0 aliphatic carbocycles. The molecule has 9 heteroatoms. The summed E-state index contributed by atoms with van der Waals surface area (Å²) in [6, 6.07) is -1.14. The Morgan fingerprint density at radius 1 is 0.958 bits per heavy atom. The maximum Gasteiger partial charge on any atom is 0.200 e. The summed E-state index contributed by atoms with van der Waals surface area (Å²) in [5.41, 5.74) is -1.99. The molecule has 2 rings (SSSR count). The molecule has 0 unspecified atom stereocenters. The van der Waals surface area contributed by atoms with Crippen LogP contribution in [0.25, 0.3) is 0 Å². The van der Waals surface area contributed by atoms with E-state index in [4.69, 9.17) is 0 Å². The monoisotopic (exact) mass is 374 g/mol. The summed E-state index contributed by atoms with van der Waals surface area (Å²) in [5.74, 6) is -9.79. The van der Waals surface area contributed by atoms with Gasteiger partial charge in [-0.15, -0.1) is 12.4 Å². The second-order valence-corrected chi connectivity index (χ2v) is 6.32. The first kappa shape index (κ1) is 21.1. The topological polar surface area (TPSA) is 35.5 Å². The number of hydrogen-bond donors (Lipinski definition) is 2. The van der Waals surface area contributed by atoms with Crippen molar-refractivity contribution in [3.05, 3.63) is 34.6 Å². The van der Waals surface area contributed by atoms with Crippen molar-refractivity contribution < 1.29 is 27.1 Å². The molecule has 1 atom stereocenters. The minimum absolute atomic E-state index is 0. The van der Waals surface area contributed by atoms with Crippen molar-refractivity contribution in [2.45, 2.75) is 19.9 Å². The second kappa shape index (κ2) is 7.95. The van der Waals surface area contributed by atoms with E-state index in [9.17, 15) is 27.1 Å². The van der Waals surface area contributed by atoms with Crippen LogP contribution in [0.3, 0.4) is 0 Å². The molecule has 24 heavy (non-hydrogen) atoms. The molecule has 0 radical (unpaired) electrons. The second-order valence-electron chi connectivity index (χ2n) is 6.32. The number of aliphatic hydroxyl groups is 1. The van der Waals surface area contributed by atoms with Gasteiger partial charge in [-0.05, 0) is 0 Å². The molecule has 2 N–H and O–H groups in total. The first-order valence-electron chi connectivity index (χ1n) is 7.29. The van der Waals surface area contributed by atoms with Crippen molar-refractivity contribution in [2.75, 3.05) is 32.8 Å². The Balaban J connectivity index is 0.00000288. The van der Waals surface area contributed by atoms with Crippen LogP contribution in [-0.4, -0.2) is 42.8 Å². The van der Waals surface area contributed by atoms with E-state index in [-0.39, 0.29) is 12.4 Å². The summed E-state index contributed by atoms with van der Waals surface area (Å²) in [5, 5.41) is 12.6. The first-order valence-corrected chi connectivity index (χ1v) is 7.29. The molecule has 1 aliphatic rings. The lowest BCUT2D eigenvalue weighted by Crippen LogP contribution is -2.50. The number of nitrogens with one attached hydrogen (secondary N) is 1. The highest BCUT2D eigenvalue weighted by Crippen LogP contribution is 2.42. The predicted molar refractivity (Wildman–Crippen MR) is 81.5 cm³/mol. The highest BCUT2D eigenvalue weighted by atomic mass is 35.5. The third-order valence-electron chi connectivity index (χ3n) is 4.18. The van der Waals surface area contributed by atoms with Gasteiger partial charge in [-0.25, -0.2) is 22.0 Å². The van der Waals surface area contributed by atoms with Gasteiger partial charge in [-0.1, -0.05) is 13.8 Å². The molecular formula is C15H20ClF5N2O. The van der Waals surface area contributed by atoms with Gasteiger partial charge in [0.05, 0.1) is 0 Å². The van der Waals surface area contributed by atoms with Crippen molar-refractivity contribution in [1.29, 1.82) is 0 Å². The lowest BCUT2D eigenvalue weighted by atomic mass is 9.79. The Labute approximate surface area is 143 Å². The zero-order chi connectivity index (χ0) is 17.4. The van der Waals surface area contributed by atoms with E-state index in [0.717, 1.165) is 0 Å². The van der Waals surface area contributed by atoms with E-state index in [2.05, 4.69) is 5.32 Å². The molecule has 1 saturated heterocycles. The van der Waals surface area contributed by atoms with E-state index >= 15 is 0 Å². The molecule has 0 spiro atoms. The molecule has 0 saturated carbocycles. The zero-order valence-electron chi connectivity index (χ0n) is 13.3. The fourth-order valence-electron chi connectivity index (χ4n) is 2.96. The van der Waals surface area contributed by atoms with Crippen molar-refractivity contribution in [3.63, 3.8) is 0 Å². The summed E-state index contributed by atoms with van der Waals surface area (Å²) in [4.78, 5) is 1.63. The molecule has 1 aromatic carbocycles. The lowest BCUT2D eigenvalue weighted by Gasteiger charge is -2.43. The Kier molecular flexibility index (Phi) is 6.98. The average Bonchev–Trinajstić information content (AvgIpc) is 2.55. The van der Waals surface area contributed by atoms with E-state index in [1.165, 1.54) is 13.8 Å². The number of piperazine rings is 1. The van der Waals surface area contributed by atoms with Crippen LogP contribution in [-0.2, 0) is 0 Å². The third-order valence-corrected chi connectivity index (χ3v) is 4.18. The minimum atomic E-state index is -2.18. The highest BCUT2D eigenvalue weighted by molar-refractivity contribution is 5.85. The molecular weight excluding hydrogens is 355 g/mol. The van der Waals surface area contributed by atoms with Crippen molar-refractivity contribution in [1.82, 2.24) is 10.2 Å². The van der Waals surface area contributed by atoms with E-state index in [0.29, 0.717) is 26.2 Å². The Morgan fingerprint density at radius 3 is 1.79 bits per heavy atom. The van der Waals surface area contributed by atoms with Gasteiger partial charge >= 0.3 is 0 Å². The normalized spacial score (nSPS) is 17.5. The fraction of sp³-hybridized carbons (Fsp3) is 0.600. The Hall–Kier alpha value is -0.960. The average molecular weight is 375 g/mol. The SMILES string of the molecule is CC(C)(CO)[C@H](c1c(F)c(F)c(F)c(F)c1F)N1CCNCC1.Cl. The van der Waals surface area contributed by atoms with Crippen LogP contribution in [0.15, 0.2) is 0 Å². The van der Waals surface area contributed by atoms with Crippen LogP contribution >= 0.6 is 12.4 Å². The largest absolute Gasteiger partial charge is 0.396 e. The molecule has 0 amide bonds. The summed E-state index contributed by atoms with van der Waals surface area (Å²) < 4.78 is 68.9. The number of aliphatic hydroxyl groups excluding tert-OH is 1. The quantitative estimate of drug-likeness (QED) is 0.483. The van der Waals surface area contributed by atoms with Gasteiger partial charge in [0, 0.05) is 49.8 Å². The van der Waals surface area contributed by atoms with Crippen LogP contribution in [0.5, 0.6) is 0 Å². The number of hydrogen-bond acceptors (Lipinski definition) is 3. The lowest BCUT2D eigenvalue weighted by molar-refractivity contribution is 0.0255. The van der Waals surface area contributed by atoms with E-state index < -0.39 is 52.7 Å². The molecule has 1 aliphatic heterocycles. The van der Waals surface area contributed by atoms with Gasteiger partial charge in [0.15, 0.2) is 23.3 Å². The smallest absolute Gasteiger partial charge is 0.200 e. The number of rotatable bonds is 4. The summed E-state index contributed by atoms with van der Waals surface area (Å²) in [6.45, 7) is 4.36. The highest BCUT2D eigenvalue weighted by Gasteiger charge is 2.41. The Bertz CT molecular complexity index is 565. The zero-order valence-corrected chi connectivity index (χ0v) is 14.1.